The zero-order chi connectivity index (χ0) is 22.4. The van der Waals surface area contributed by atoms with Gasteiger partial charge in [-0.15, -0.1) is 10.2 Å². The molecule has 2 aromatic rings. The molecule has 0 aliphatic rings. The summed E-state index contributed by atoms with van der Waals surface area (Å²) >= 11 is 0. The molecule has 0 fully saturated rings. The summed E-state index contributed by atoms with van der Waals surface area (Å²) in [5.74, 6) is -0.362. The van der Waals surface area contributed by atoms with Crippen molar-refractivity contribution in [2.24, 2.45) is 5.41 Å². The number of carboxylic acid groups (broad SMARTS) is 1. The van der Waals surface area contributed by atoms with E-state index >= 15 is 0 Å². The molecule has 164 valence electrons. The van der Waals surface area contributed by atoms with Gasteiger partial charge in [0.25, 0.3) is 0 Å². The second kappa shape index (κ2) is 9.73. The monoisotopic (exact) mass is 417 g/mol. The lowest BCUT2D eigenvalue weighted by Crippen LogP contribution is -2.53. The summed E-state index contributed by atoms with van der Waals surface area (Å²) in [5, 5.41) is 20.2. The molecule has 0 bridgehead atoms. The fourth-order valence-corrected chi connectivity index (χ4v) is 2.85. The normalized spacial score (nSPS) is 14.6. The van der Waals surface area contributed by atoms with Gasteiger partial charge in [-0.05, 0) is 30.9 Å². The third-order valence-corrected chi connectivity index (χ3v) is 4.94. The molecule has 0 aliphatic carbocycles. The Balaban J connectivity index is 2.10. The summed E-state index contributed by atoms with van der Waals surface area (Å²) < 4.78 is 11.4. The molecular formula is C22H31N3O5. The molecule has 0 saturated carbocycles. The molecule has 1 amide bonds. The molecule has 2 N–H and O–H groups in total. The lowest BCUT2D eigenvalue weighted by molar-refractivity contribution is -0.144. The number of alkyl carbamates (subject to hydrolysis) is 1. The van der Waals surface area contributed by atoms with Gasteiger partial charge in [0.2, 0.25) is 11.8 Å². The highest BCUT2D eigenvalue weighted by Crippen LogP contribution is 2.27. The first-order valence-corrected chi connectivity index (χ1v) is 10.1. The van der Waals surface area contributed by atoms with Crippen LogP contribution in [0.15, 0.2) is 34.7 Å². The van der Waals surface area contributed by atoms with Gasteiger partial charge in [-0.25, -0.2) is 9.59 Å². The molecule has 0 saturated heterocycles. The van der Waals surface area contributed by atoms with Crippen LogP contribution in [0.5, 0.6) is 0 Å². The number of rotatable bonds is 9. The van der Waals surface area contributed by atoms with E-state index in [0.29, 0.717) is 24.6 Å². The predicted molar refractivity (Wildman–Crippen MR) is 112 cm³/mol. The maximum absolute atomic E-state index is 12.5. The molecule has 2 rings (SSSR count). The second-order valence-corrected chi connectivity index (χ2v) is 8.70. The van der Waals surface area contributed by atoms with Crippen molar-refractivity contribution in [1.29, 1.82) is 0 Å². The zero-order valence-corrected chi connectivity index (χ0v) is 18.3. The number of carbonyl (C=O) groups excluding carboxylic acids is 1. The van der Waals surface area contributed by atoms with Gasteiger partial charge in [0.05, 0.1) is 6.42 Å². The molecular weight excluding hydrogens is 386 g/mol. The van der Waals surface area contributed by atoms with Crippen molar-refractivity contribution in [3.8, 4) is 11.5 Å². The smallest absolute Gasteiger partial charge is 0.408 e. The van der Waals surface area contributed by atoms with Crippen molar-refractivity contribution in [2.75, 3.05) is 0 Å². The van der Waals surface area contributed by atoms with Gasteiger partial charge in [-0.2, -0.15) is 0 Å². The van der Waals surface area contributed by atoms with Crippen molar-refractivity contribution in [1.82, 2.24) is 15.5 Å². The van der Waals surface area contributed by atoms with E-state index in [9.17, 15) is 14.7 Å². The molecule has 8 nitrogen and oxygen atoms in total. The molecule has 0 aliphatic heterocycles. The fraction of sp³-hybridized carbons (Fsp3) is 0.545. The standard InChI is InChI=1S/C22H31N3O5/c1-6-7-13-22(5,19(26)27)23-20(28)29-16(21(2,3)4)14-17-24-25-18(30-17)15-11-9-8-10-12-15/h8-12,16H,6-7,13-14H2,1-5H3,(H,23,28)(H,26,27)/t16?,22-/m0/s1. The number of nitrogens with zero attached hydrogens (tertiary/aromatic N) is 2. The number of hydrogen-bond acceptors (Lipinski definition) is 6. The summed E-state index contributed by atoms with van der Waals surface area (Å²) in [5.41, 5.74) is -1.02. The number of benzene rings is 1. The average molecular weight is 418 g/mol. The lowest BCUT2D eigenvalue weighted by Gasteiger charge is -2.32. The van der Waals surface area contributed by atoms with Crippen LogP contribution < -0.4 is 5.32 Å². The number of ether oxygens (including phenoxy) is 1. The molecule has 1 heterocycles. The Labute approximate surface area is 177 Å². The quantitative estimate of drug-likeness (QED) is 0.619. The first kappa shape index (κ1) is 23.4. The van der Waals surface area contributed by atoms with Crippen LogP contribution in [0.2, 0.25) is 0 Å². The minimum Gasteiger partial charge on any atom is -0.480 e. The number of nitrogens with one attached hydrogen (secondary N) is 1. The van der Waals surface area contributed by atoms with Crippen LogP contribution >= 0.6 is 0 Å². The third-order valence-electron chi connectivity index (χ3n) is 4.94. The van der Waals surface area contributed by atoms with Gasteiger partial charge in [0, 0.05) is 5.56 Å². The number of unbranched alkanes of at least 4 members (excludes halogenated alkanes) is 1. The van der Waals surface area contributed by atoms with Crippen molar-refractivity contribution in [3.63, 3.8) is 0 Å². The third kappa shape index (κ3) is 6.30. The summed E-state index contributed by atoms with van der Waals surface area (Å²) in [7, 11) is 0. The van der Waals surface area contributed by atoms with Crippen molar-refractivity contribution in [3.05, 3.63) is 36.2 Å². The van der Waals surface area contributed by atoms with Crippen LogP contribution in [0, 0.1) is 5.41 Å². The van der Waals surface area contributed by atoms with Crippen LogP contribution in [-0.4, -0.2) is 39.0 Å². The highest BCUT2D eigenvalue weighted by atomic mass is 16.6. The Bertz CT molecular complexity index is 844. The SMILES string of the molecule is CCCC[C@](C)(NC(=O)OC(Cc1nnc(-c2ccccc2)o1)C(C)(C)C)C(=O)O. The summed E-state index contributed by atoms with van der Waals surface area (Å²) in [4.78, 5) is 24.2. The maximum Gasteiger partial charge on any atom is 0.408 e. The average Bonchev–Trinajstić information content (AvgIpc) is 3.14. The van der Waals surface area contributed by atoms with E-state index in [4.69, 9.17) is 9.15 Å². The topological polar surface area (TPSA) is 115 Å². The van der Waals surface area contributed by atoms with E-state index in [1.165, 1.54) is 6.92 Å². The Morgan fingerprint density at radius 1 is 1.17 bits per heavy atom. The fourth-order valence-electron chi connectivity index (χ4n) is 2.85. The van der Waals surface area contributed by atoms with E-state index in [2.05, 4.69) is 15.5 Å². The molecule has 0 radical (unpaired) electrons. The van der Waals surface area contributed by atoms with Crippen LogP contribution in [0.1, 0.15) is 59.8 Å². The molecule has 1 aromatic carbocycles. The van der Waals surface area contributed by atoms with E-state index in [1.54, 1.807) is 0 Å². The van der Waals surface area contributed by atoms with E-state index < -0.39 is 29.1 Å². The van der Waals surface area contributed by atoms with Gasteiger partial charge in [0.1, 0.15) is 11.6 Å². The summed E-state index contributed by atoms with van der Waals surface area (Å²) in [6.45, 7) is 9.22. The number of carboxylic acids is 1. The van der Waals surface area contributed by atoms with Crippen LogP contribution in [0.3, 0.4) is 0 Å². The summed E-state index contributed by atoms with van der Waals surface area (Å²) in [6.07, 6.45) is 0.666. The molecule has 1 unspecified atom stereocenters. The Morgan fingerprint density at radius 3 is 2.40 bits per heavy atom. The van der Waals surface area contributed by atoms with Crippen molar-refractivity contribution in [2.45, 2.75) is 71.9 Å². The predicted octanol–water partition coefficient (Wildman–Crippen LogP) is 4.45. The van der Waals surface area contributed by atoms with Gasteiger partial charge >= 0.3 is 12.1 Å². The first-order valence-electron chi connectivity index (χ1n) is 10.1. The van der Waals surface area contributed by atoms with Crippen LogP contribution in [0.4, 0.5) is 4.79 Å². The minimum atomic E-state index is -1.39. The van der Waals surface area contributed by atoms with E-state index in [-0.39, 0.29) is 6.42 Å². The Kier molecular flexibility index (Phi) is 7.59. The number of hydrogen-bond donors (Lipinski definition) is 2. The Morgan fingerprint density at radius 2 is 1.83 bits per heavy atom. The maximum atomic E-state index is 12.5. The van der Waals surface area contributed by atoms with Crippen LogP contribution in [-0.2, 0) is 16.0 Å². The van der Waals surface area contributed by atoms with Crippen molar-refractivity contribution < 1.29 is 23.8 Å². The number of carbonyl (C=O) groups is 2. The van der Waals surface area contributed by atoms with E-state index in [0.717, 1.165) is 12.0 Å². The van der Waals surface area contributed by atoms with Gasteiger partial charge < -0.3 is 19.6 Å². The minimum absolute atomic E-state index is 0.218. The Hall–Kier alpha value is -2.90. The zero-order valence-electron chi connectivity index (χ0n) is 18.3. The second-order valence-electron chi connectivity index (χ2n) is 8.70. The highest BCUT2D eigenvalue weighted by Gasteiger charge is 2.37. The largest absolute Gasteiger partial charge is 0.480 e. The summed E-state index contributed by atoms with van der Waals surface area (Å²) in [6, 6.07) is 9.39. The first-order chi connectivity index (χ1) is 14.0. The van der Waals surface area contributed by atoms with Crippen molar-refractivity contribution >= 4 is 12.1 Å². The molecule has 2 atom stereocenters. The molecule has 1 aromatic heterocycles. The molecule has 0 spiro atoms. The molecule has 8 heteroatoms. The highest BCUT2D eigenvalue weighted by molar-refractivity contribution is 5.83. The van der Waals surface area contributed by atoms with Crippen LogP contribution in [0.25, 0.3) is 11.5 Å². The lowest BCUT2D eigenvalue weighted by atomic mass is 9.87. The van der Waals surface area contributed by atoms with E-state index in [1.807, 2.05) is 58.0 Å². The van der Waals surface area contributed by atoms with Gasteiger partial charge in [-0.1, -0.05) is 58.7 Å². The van der Waals surface area contributed by atoms with Gasteiger partial charge in [0.15, 0.2) is 0 Å². The molecule has 30 heavy (non-hydrogen) atoms. The number of amides is 1. The number of aliphatic carboxylic acids is 1. The number of aromatic nitrogens is 2. The van der Waals surface area contributed by atoms with Gasteiger partial charge in [-0.3, -0.25) is 0 Å².